The number of amides is 3. The van der Waals surface area contributed by atoms with Crippen molar-refractivity contribution in [3.8, 4) is 0 Å². The highest BCUT2D eigenvalue weighted by molar-refractivity contribution is 5.92. The number of hydrogen-bond donors (Lipinski definition) is 2. The van der Waals surface area contributed by atoms with E-state index in [2.05, 4.69) is 10.6 Å². The topological polar surface area (TPSA) is 87.7 Å². The van der Waals surface area contributed by atoms with E-state index in [9.17, 15) is 14.4 Å². The van der Waals surface area contributed by atoms with Crippen LogP contribution in [0.1, 0.15) is 103 Å². The predicted octanol–water partition coefficient (Wildman–Crippen LogP) is 5.58. The lowest BCUT2D eigenvalue weighted by Gasteiger charge is -2.37. The van der Waals surface area contributed by atoms with E-state index in [1.807, 2.05) is 52.8 Å². The Morgan fingerprint density at radius 2 is 1.72 bits per heavy atom. The molecule has 0 aromatic heterocycles. The number of carbonyl (C=O) groups excluding carboxylic acids is 3. The van der Waals surface area contributed by atoms with Crippen LogP contribution in [0.2, 0.25) is 0 Å². The summed E-state index contributed by atoms with van der Waals surface area (Å²) in [6.45, 7) is 15.5. The minimum absolute atomic E-state index is 0.123. The van der Waals surface area contributed by atoms with Gasteiger partial charge in [0.05, 0.1) is 0 Å². The van der Waals surface area contributed by atoms with Crippen LogP contribution in [-0.4, -0.2) is 47.0 Å². The monoisotopic (exact) mass is 501 g/mol. The molecule has 1 fully saturated rings. The summed E-state index contributed by atoms with van der Waals surface area (Å²) in [6.07, 6.45) is 5.37. The normalized spacial score (nSPS) is 17.0. The molecule has 7 nitrogen and oxygen atoms in total. The van der Waals surface area contributed by atoms with Crippen LogP contribution in [-0.2, 0) is 14.3 Å². The Balaban J connectivity index is 2.45. The summed E-state index contributed by atoms with van der Waals surface area (Å²) in [7, 11) is 0. The van der Waals surface area contributed by atoms with Gasteiger partial charge in [-0.05, 0) is 71.4 Å². The molecule has 3 atom stereocenters. The van der Waals surface area contributed by atoms with Crippen molar-refractivity contribution in [3.63, 3.8) is 0 Å². The molecule has 0 radical (unpaired) electrons. The van der Waals surface area contributed by atoms with Gasteiger partial charge in [-0.25, -0.2) is 4.79 Å². The number of aryl methyl sites for hydroxylation is 2. The van der Waals surface area contributed by atoms with Crippen molar-refractivity contribution in [2.24, 2.45) is 5.92 Å². The molecule has 1 aromatic rings. The first-order valence-electron chi connectivity index (χ1n) is 13.5. The van der Waals surface area contributed by atoms with Crippen LogP contribution in [0, 0.1) is 19.8 Å². The Morgan fingerprint density at radius 3 is 2.28 bits per heavy atom. The van der Waals surface area contributed by atoms with E-state index in [0.717, 1.165) is 42.4 Å². The van der Waals surface area contributed by atoms with Crippen molar-refractivity contribution in [3.05, 3.63) is 34.9 Å². The van der Waals surface area contributed by atoms with Gasteiger partial charge < -0.3 is 20.3 Å². The molecule has 36 heavy (non-hydrogen) atoms. The Hall–Kier alpha value is -2.57. The van der Waals surface area contributed by atoms with E-state index >= 15 is 0 Å². The largest absolute Gasteiger partial charge is 0.444 e. The van der Waals surface area contributed by atoms with Gasteiger partial charge in [-0.1, -0.05) is 63.3 Å². The molecule has 0 saturated heterocycles. The summed E-state index contributed by atoms with van der Waals surface area (Å²) >= 11 is 0. The fraction of sp³-hybridized carbons (Fsp3) is 0.690. The molecule has 1 aliphatic carbocycles. The van der Waals surface area contributed by atoms with Crippen molar-refractivity contribution < 1.29 is 19.1 Å². The lowest BCUT2D eigenvalue weighted by atomic mass is 9.92. The van der Waals surface area contributed by atoms with E-state index in [4.69, 9.17) is 4.74 Å². The molecule has 3 unspecified atom stereocenters. The molecule has 1 aromatic carbocycles. The lowest BCUT2D eigenvalue weighted by molar-refractivity contribution is -0.143. The number of rotatable bonds is 9. The summed E-state index contributed by atoms with van der Waals surface area (Å²) < 4.78 is 5.45. The van der Waals surface area contributed by atoms with Gasteiger partial charge in [0.1, 0.15) is 17.7 Å². The van der Waals surface area contributed by atoms with Gasteiger partial charge in [-0.3, -0.25) is 9.59 Å². The summed E-state index contributed by atoms with van der Waals surface area (Å²) in [5.41, 5.74) is 2.12. The third-order valence-electron chi connectivity index (χ3n) is 7.02. The first-order valence-corrected chi connectivity index (χ1v) is 13.5. The molecule has 7 heteroatoms. The molecule has 2 N–H and O–H groups in total. The van der Waals surface area contributed by atoms with Crippen LogP contribution in [0.5, 0.6) is 0 Å². The maximum Gasteiger partial charge on any atom is 0.408 e. The van der Waals surface area contributed by atoms with Crippen LogP contribution < -0.4 is 10.6 Å². The number of likely N-dealkylation sites (N-methyl/N-ethyl adjacent to an activating group) is 1. The number of carbonyl (C=O) groups is 3. The minimum Gasteiger partial charge on any atom is -0.444 e. The maximum absolute atomic E-state index is 14.1. The van der Waals surface area contributed by atoms with Crippen LogP contribution in [0.3, 0.4) is 0 Å². The minimum atomic E-state index is -0.806. The molecule has 1 saturated carbocycles. The second kappa shape index (κ2) is 13.1. The highest BCUT2D eigenvalue weighted by atomic mass is 16.6. The molecular formula is C29H47N3O4. The summed E-state index contributed by atoms with van der Waals surface area (Å²) in [5, 5.41) is 6.05. The Labute approximate surface area is 217 Å². The average Bonchev–Trinajstić information content (AvgIpc) is 2.81. The highest BCUT2D eigenvalue weighted by Crippen LogP contribution is 2.29. The van der Waals surface area contributed by atoms with Gasteiger partial charge in [0, 0.05) is 12.6 Å². The third-order valence-corrected chi connectivity index (χ3v) is 7.02. The number of nitrogens with one attached hydrogen (secondary N) is 2. The molecule has 202 valence electrons. The van der Waals surface area contributed by atoms with Gasteiger partial charge in [0.2, 0.25) is 11.8 Å². The zero-order valence-electron chi connectivity index (χ0n) is 23.6. The third kappa shape index (κ3) is 8.24. The molecule has 0 heterocycles. The van der Waals surface area contributed by atoms with E-state index < -0.39 is 23.8 Å². The fourth-order valence-electron chi connectivity index (χ4n) is 4.79. The van der Waals surface area contributed by atoms with Crippen molar-refractivity contribution >= 4 is 17.9 Å². The highest BCUT2D eigenvalue weighted by Gasteiger charge is 2.38. The summed E-state index contributed by atoms with van der Waals surface area (Å²) in [4.78, 5) is 42.2. The second-order valence-electron chi connectivity index (χ2n) is 11.2. The smallest absolute Gasteiger partial charge is 0.408 e. The van der Waals surface area contributed by atoms with Crippen LogP contribution in [0.4, 0.5) is 4.79 Å². The van der Waals surface area contributed by atoms with Crippen LogP contribution in [0.15, 0.2) is 18.2 Å². The summed E-state index contributed by atoms with van der Waals surface area (Å²) in [5.74, 6) is -0.576. The van der Waals surface area contributed by atoms with Crippen LogP contribution in [0.25, 0.3) is 0 Å². The number of hydrogen-bond acceptors (Lipinski definition) is 4. The number of benzene rings is 1. The van der Waals surface area contributed by atoms with Gasteiger partial charge in [0.15, 0.2) is 0 Å². The maximum atomic E-state index is 14.1. The van der Waals surface area contributed by atoms with Crippen molar-refractivity contribution in [1.82, 2.24) is 15.5 Å². The lowest BCUT2D eigenvalue weighted by Crippen LogP contribution is -2.55. The first-order chi connectivity index (χ1) is 16.9. The zero-order valence-corrected chi connectivity index (χ0v) is 23.6. The van der Waals surface area contributed by atoms with Crippen LogP contribution >= 0.6 is 0 Å². The fourth-order valence-corrected chi connectivity index (χ4v) is 4.79. The Kier molecular flexibility index (Phi) is 10.8. The SMILES string of the molecule is CCC(C)C(NC(=O)OC(C)(C)C)C(=O)N(CC)C(C(=O)NC1CCCCC1)c1cc(C)ccc1C. The van der Waals surface area contributed by atoms with Crippen molar-refractivity contribution in [2.75, 3.05) is 6.54 Å². The van der Waals surface area contributed by atoms with E-state index in [0.29, 0.717) is 13.0 Å². The molecule has 3 amide bonds. The number of ether oxygens (including phenoxy) is 1. The van der Waals surface area contributed by atoms with E-state index in [1.165, 1.54) is 6.42 Å². The van der Waals surface area contributed by atoms with Crippen molar-refractivity contribution in [2.45, 2.75) is 118 Å². The Bertz CT molecular complexity index is 902. The molecular weight excluding hydrogens is 454 g/mol. The Morgan fingerprint density at radius 1 is 1.08 bits per heavy atom. The van der Waals surface area contributed by atoms with E-state index in [-0.39, 0.29) is 23.8 Å². The van der Waals surface area contributed by atoms with Gasteiger partial charge >= 0.3 is 6.09 Å². The number of nitrogens with zero attached hydrogens (tertiary/aromatic N) is 1. The molecule has 0 bridgehead atoms. The molecule has 2 rings (SSSR count). The predicted molar refractivity (Wildman–Crippen MR) is 144 cm³/mol. The van der Waals surface area contributed by atoms with Gasteiger partial charge in [-0.2, -0.15) is 0 Å². The quantitative estimate of drug-likeness (QED) is 0.462. The zero-order chi connectivity index (χ0) is 27.0. The first kappa shape index (κ1) is 29.7. The second-order valence-corrected chi connectivity index (χ2v) is 11.2. The van der Waals surface area contributed by atoms with Crippen molar-refractivity contribution in [1.29, 1.82) is 0 Å². The van der Waals surface area contributed by atoms with E-state index in [1.54, 1.807) is 25.7 Å². The number of alkyl carbamates (subject to hydrolysis) is 1. The molecule has 0 spiro atoms. The van der Waals surface area contributed by atoms with Gasteiger partial charge in [0.25, 0.3) is 0 Å². The molecule has 0 aliphatic heterocycles. The van der Waals surface area contributed by atoms with Gasteiger partial charge in [-0.15, -0.1) is 0 Å². The average molecular weight is 502 g/mol. The standard InChI is InChI=1S/C29H47N3O4/c1-9-20(4)24(31-28(35)36-29(6,7)8)27(34)32(10-2)25(23-18-19(3)16-17-21(23)5)26(33)30-22-14-12-11-13-15-22/h16-18,20,22,24-25H,9-15H2,1-8H3,(H,30,33)(H,31,35). The summed E-state index contributed by atoms with van der Waals surface area (Å²) in [6, 6.07) is 4.54. The molecule has 1 aliphatic rings.